The molecule has 0 bridgehead atoms. The Kier molecular flexibility index (Phi) is 90.3. The summed E-state index contributed by atoms with van der Waals surface area (Å²) in [6.07, 6.45) is 0. The molecule has 0 aromatic rings. The van der Waals surface area contributed by atoms with Gasteiger partial charge in [-0.3, -0.25) is 0 Å². The molecule has 0 atom stereocenters. The molecule has 0 saturated heterocycles. The zero-order chi connectivity index (χ0) is 4.00. The van der Waals surface area contributed by atoms with Crippen LogP contribution < -0.4 is 0 Å². The summed E-state index contributed by atoms with van der Waals surface area (Å²) in [5.74, 6) is 0. The molecule has 0 aliphatic heterocycles. The SMILES string of the molecule is [As]=[As].[As]=[As].[Zn]. The second-order valence-electron chi connectivity index (χ2n) is 0. The summed E-state index contributed by atoms with van der Waals surface area (Å²) >= 11 is 9.00. The van der Waals surface area contributed by atoms with E-state index in [2.05, 4.69) is 57.0 Å². The van der Waals surface area contributed by atoms with Crippen molar-refractivity contribution in [2.24, 2.45) is 0 Å². The number of hydrogen-bond donors (Lipinski definition) is 0. The van der Waals surface area contributed by atoms with Crippen LogP contribution in [-0.2, 0) is 19.5 Å². The van der Waals surface area contributed by atoms with Crippen LogP contribution >= 0.6 is 0 Å². The topological polar surface area (TPSA) is 0 Å². The van der Waals surface area contributed by atoms with E-state index in [0.717, 1.165) is 0 Å². The van der Waals surface area contributed by atoms with Gasteiger partial charge in [-0.15, -0.1) is 0 Å². The molecule has 0 aromatic carbocycles. The van der Waals surface area contributed by atoms with Crippen molar-refractivity contribution in [2.45, 2.75) is 0 Å². The van der Waals surface area contributed by atoms with Gasteiger partial charge in [0.25, 0.3) is 0 Å². The molecule has 0 nitrogen and oxygen atoms in total. The van der Waals surface area contributed by atoms with Gasteiger partial charge in [0.1, 0.15) is 0 Å². The minimum Gasteiger partial charge on any atom is 0 e. The molecule has 5 heavy (non-hydrogen) atoms. The van der Waals surface area contributed by atoms with Crippen LogP contribution in [0.1, 0.15) is 0 Å². The molecular formula is As4Zn. The fourth-order valence-electron chi connectivity index (χ4n) is 0. The van der Waals surface area contributed by atoms with E-state index in [1.165, 1.54) is 0 Å². The van der Waals surface area contributed by atoms with Crippen molar-refractivity contribution in [1.82, 2.24) is 0 Å². The maximum absolute atomic E-state index is 2.25. The quantitative estimate of drug-likeness (QED) is 0.458. The van der Waals surface area contributed by atoms with Gasteiger partial charge in [0.05, 0.1) is 0 Å². The summed E-state index contributed by atoms with van der Waals surface area (Å²) in [6.45, 7) is 0. The second kappa shape index (κ2) is 28.8. The predicted octanol–water partition coefficient (Wildman–Crippen LogP) is -1.53. The maximum atomic E-state index is 2.25. The van der Waals surface area contributed by atoms with Crippen LogP contribution in [0.3, 0.4) is 0 Å². The Balaban J connectivity index is -0.0000000133. The van der Waals surface area contributed by atoms with Crippen LogP contribution in [-0.4, -0.2) is 57.0 Å². The van der Waals surface area contributed by atoms with Crippen LogP contribution in [0.4, 0.5) is 0 Å². The van der Waals surface area contributed by atoms with Crippen molar-refractivity contribution in [3.05, 3.63) is 0 Å². The van der Waals surface area contributed by atoms with Gasteiger partial charge in [-0.1, -0.05) is 0 Å². The van der Waals surface area contributed by atoms with Crippen molar-refractivity contribution >= 4 is 57.0 Å². The first-order valence-electron chi connectivity index (χ1n) is 0.400. The Morgan fingerprint density at radius 1 is 0.600 bits per heavy atom. The van der Waals surface area contributed by atoms with E-state index in [-0.39, 0.29) is 19.5 Å². The Bertz CT molecular complexity index is 5.61. The Morgan fingerprint density at radius 3 is 0.600 bits per heavy atom. The number of rotatable bonds is 0. The van der Waals surface area contributed by atoms with Gasteiger partial charge in [-0.25, -0.2) is 0 Å². The Hall–Kier alpha value is 2.86. The van der Waals surface area contributed by atoms with Crippen LogP contribution in [0, 0.1) is 0 Å². The van der Waals surface area contributed by atoms with E-state index in [0.29, 0.717) is 0 Å². The second-order valence-corrected chi connectivity index (χ2v) is 0. The summed E-state index contributed by atoms with van der Waals surface area (Å²) in [5.41, 5.74) is 0. The number of hydrogen-bond acceptors (Lipinski definition) is 0. The molecule has 0 rings (SSSR count). The Labute approximate surface area is 75.1 Å². The predicted molar refractivity (Wildman–Crippen MR) is 23.0 cm³/mol. The van der Waals surface area contributed by atoms with Gasteiger partial charge in [-0.05, 0) is 0 Å². The summed E-state index contributed by atoms with van der Waals surface area (Å²) in [7, 11) is 0. The van der Waals surface area contributed by atoms with E-state index >= 15 is 0 Å². The van der Waals surface area contributed by atoms with Gasteiger partial charge < -0.3 is 0 Å². The molecule has 4 radical (unpaired) electrons. The third-order valence-corrected chi connectivity index (χ3v) is 0. The zero-order valence-electron chi connectivity index (χ0n) is 2.50. The van der Waals surface area contributed by atoms with Crippen LogP contribution in [0.25, 0.3) is 0 Å². The third kappa shape index (κ3) is 19.8. The molecule has 0 aliphatic rings. The minimum atomic E-state index is 0. The van der Waals surface area contributed by atoms with Crippen LogP contribution in [0.15, 0.2) is 0 Å². The van der Waals surface area contributed by atoms with Gasteiger partial charge >= 0.3 is 57.0 Å². The smallest absolute Gasteiger partial charge is 0 e. The van der Waals surface area contributed by atoms with Crippen molar-refractivity contribution in [1.29, 1.82) is 0 Å². The first-order valence-corrected chi connectivity index (χ1v) is 10.8. The molecule has 0 heterocycles. The minimum absolute atomic E-state index is 0. The van der Waals surface area contributed by atoms with Gasteiger partial charge in [-0.2, -0.15) is 0 Å². The molecular weight excluding hydrogens is 365 g/mol. The van der Waals surface area contributed by atoms with E-state index in [4.69, 9.17) is 0 Å². The first kappa shape index (κ1) is 15.7. The first-order chi connectivity index (χ1) is 2.00. The van der Waals surface area contributed by atoms with E-state index in [1.54, 1.807) is 0 Å². The normalized spacial score (nSPS) is 1.60. The van der Waals surface area contributed by atoms with Crippen molar-refractivity contribution < 1.29 is 19.5 Å². The molecule has 0 N–H and O–H groups in total. The van der Waals surface area contributed by atoms with Crippen LogP contribution in [0.5, 0.6) is 0 Å². The molecule has 0 amide bonds. The molecule has 0 fully saturated rings. The van der Waals surface area contributed by atoms with Gasteiger partial charge in [0.2, 0.25) is 0 Å². The third-order valence-electron chi connectivity index (χ3n) is 0. The molecule has 0 aromatic heterocycles. The summed E-state index contributed by atoms with van der Waals surface area (Å²) in [4.78, 5) is 0. The van der Waals surface area contributed by atoms with E-state index in [1.807, 2.05) is 0 Å². The summed E-state index contributed by atoms with van der Waals surface area (Å²) in [6, 6.07) is 0. The maximum Gasteiger partial charge on any atom is 0 e. The van der Waals surface area contributed by atoms with Crippen LogP contribution in [0.2, 0.25) is 0 Å². The van der Waals surface area contributed by atoms with Crippen molar-refractivity contribution in [2.75, 3.05) is 0 Å². The summed E-state index contributed by atoms with van der Waals surface area (Å²) < 4.78 is 0. The molecule has 0 aliphatic carbocycles. The average Bonchev–Trinajstić information content (AvgIpc) is 1.50. The van der Waals surface area contributed by atoms with Gasteiger partial charge in [0.15, 0.2) is 0 Å². The molecule has 0 saturated carbocycles. The zero-order valence-corrected chi connectivity index (χ0v) is 13.0. The fraction of sp³-hybridized carbons (Fsp3) is 0. The van der Waals surface area contributed by atoms with Gasteiger partial charge in [0, 0.05) is 19.5 Å². The molecule has 5 heteroatoms. The molecule has 0 spiro atoms. The standard InChI is InChI=1S/2As2.Zn/c2*1-2;. The van der Waals surface area contributed by atoms with Crippen molar-refractivity contribution in [3.63, 3.8) is 0 Å². The fourth-order valence-corrected chi connectivity index (χ4v) is 0. The van der Waals surface area contributed by atoms with E-state index < -0.39 is 0 Å². The largest absolute Gasteiger partial charge is 0 e. The average molecular weight is 365 g/mol. The monoisotopic (exact) mass is 364 g/mol. The van der Waals surface area contributed by atoms with Crippen molar-refractivity contribution in [3.8, 4) is 0 Å². The molecule has 0 unspecified atom stereocenters. The molecule has 22 valence electrons. The van der Waals surface area contributed by atoms with E-state index in [9.17, 15) is 0 Å². The summed E-state index contributed by atoms with van der Waals surface area (Å²) in [5, 5.41) is 0. The Morgan fingerprint density at radius 2 is 0.600 bits per heavy atom.